The second-order valence-electron chi connectivity index (χ2n) is 5.67. The van der Waals surface area contributed by atoms with E-state index in [9.17, 15) is 13.2 Å². The predicted molar refractivity (Wildman–Crippen MR) is 86.3 cm³/mol. The topological polar surface area (TPSA) is 95.9 Å². The monoisotopic (exact) mass is 344 g/mol. The van der Waals surface area contributed by atoms with E-state index in [1.54, 1.807) is 0 Å². The quantitative estimate of drug-likeness (QED) is 0.398. The molecule has 8 heteroatoms. The van der Waals surface area contributed by atoms with Crippen LogP contribution < -0.4 is 5.48 Å². The number of amides is 1. The first-order valence-electron chi connectivity index (χ1n) is 7.25. The number of benzene rings is 1. The molecule has 130 valence electrons. The second kappa shape index (κ2) is 8.39. The Bertz CT molecular complexity index is 602. The fraction of sp³-hybridized carbons (Fsp3) is 0.533. The van der Waals surface area contributed by atoms with E-state index in [0.29, 0.717) is 19.6 Å². The van der Waals surface area contributed by atoms with E-state index >= 15 is 0 Å². The van der Waals surface area contributed by atoms with Gasteiger partial charge in [0.15, 0.2) is 4.75 Å². The van der Waals surface area contributed by atoms with Crippen LogP contribution in [0.4, 0.5) is 0 Å². The third kappa shape index (κ3) is 5.00. The Kier molecular flexibility index (Phi) is 7.14. The molecule has 0 saturated heterocycles. The zero-order valence-electron chi connectivity index (χ0n) is 13.7. The van der Waals surface area contributed by atoms with Gasteiger partial charge in [0.05, 0.1) is 6.61 Å². The van der Waals surface area contributed by atoms with Crippen molar-refractivity contribution >= 4 is 15.9 Å². The van der Waals surface area contributed by atoms with Gasteiger partial charge in [-0.1, -0.05) is 30.3 Å². The third-order valence-corrected chi connectivity index (χ3v) is 6.06. The van der Waals surface area contributed by atoms with Crippen LogP contribution in [0.3, 0.4) is 0 Å². The van der Waals surface area contributed by atoms with Gasteiger partial charge < -0.3 is 4.74 Å². The minimum absolute atomic E-state index is 0.221. The van der Waals surface area contributed by atoms with E-state index in [-0.39, 0.29) is 6.54 Å². The van der Waals surface area contributed by atoms with Crippen molar-refractivity contribution in [2.45, 2.75) is 31.6 Å². The smallest absolute Gasteiger partial charge is 0.265 e. The Morgan fingerprint density at radius 3 is 2.48 bits per heavy atom. The third-order valence-electron chi connectivity index (χ3n) is 3.58. The molecule has 0 atom stereocenters. The summed E-state index contributed by atoms with van der Waals surface area (Å²) in [5.74, 6) is -0.968. The van der Waals surface area contributed by atoms with Crippen molar-refractivity contribution in [3.05, 3.63) is 35.9 Å². The molecule has 0 aliphatic rings. The Hall–Kier alpha value is -1.48. The Morgan fingerprint density at radius 2 is 1.91 bits per heavy atom. The van der Waals surface area contributed by atoms with E-state index < -0.39 is 20.7 Å². The molecule has 23 heavy (non-hydrogen) atoms. The van der Waals surface area contributed by atoms with Gasteiger partial charge >= 0.3 is 0 Å². The average molecular weight is 344 g/mol. The Labute approximate surface area is 137 Å². The minimum Gasteiger partial charge on any atom is -0.377 e. The summed E-state index contributed by atoms with van der Waals surface area (Å²) >= 11 is 0. The standard InChI is InChI=1S/C15H24N2O5S/c1-15(2,14(18)16-19)23(20,21)17(3)10-7-11-22-12-13-8-5-4-6-9-13/h4-6,8-9,19H,7,10-12H2,1-3H3,(H,16,18). The molecule has 0 aliphatic carbocycles. The zero-order valence-corrected chi connectivity index (χ0v) is 14.5. The molecule has 0 saturated carbocycles. The number of hydrogen-bond acceptors (Lipinski definition) is 5. The van der Waals surface area contributed by atoms with Crippen molar-refractivity contribution < 1.29 is 23.2 Å². The molecule has 1 rings (SSSR count). The molecule has 0 unspecified atom stereocenters. The van der Waals surface area contributed by atoms with Crippen LogP contribution in [-0.4, -0.2) is 48.8 Å². The normalized spacial score (nSPS) is 12.4. The summed E-state index contributed by atoms with van der Waals surface area (Å²) in [6, 6.07) is 9.67. The lowest BCUT2D eigenvalue weighted by molar-refractivity contribution is -0.131. The summed E-state index contributed by atoms with van der Waals surface area (Å²) < 4.78 is 29.6. The van der Waals surface area contributed by atoms with Gasteiger partial charge in [0, 0.05) is 20.2 Å². The lowest BCUT2D eigenvalue weighted by Gasteiger charge is -2.28. The van der Waals surface area contributed by atoms with Gasteiger partial charge in [0.1, 0.15) is 0 Å². The molecule has 0 radical (unpaired) electrons. The van der Waals surface area contributed by atoms with Gasteiger partial charge in [0.2, 0.25) is 10.0 Å². The SMILES string of the molecule is CN(CCCOCc1ccccc1)S(=O)(=O)C(C)(C)C(=O)NO. The van der Waals surface area contributed by atoms with Crippen LogP contribution in [0.15, 0.2) is 30.3 Å². The molecular formula is C15H24N2O5S. The molecule has 0 aromatic heterocycles. The lowest BCUT2D eigenvalue weighted by atomic mass is 10.2. The maximum absolute atomic E-state index is 12.4. The predicted octanol–water partition coefficient (Wildman–Crippen LogP) is 1.14. The Balaban J connectivity index is 2.44. The molecular weight excluding hydrogens is 320 g/mol. The van der Waals surface area contributed by atoms with Crippen LogP contribution in [0.5, 0.6) is 0 Å². The number of carbonyl (C=O) groups is 1. The van der Waals surface area contributed by atoms with Gasteiger partial charge in [-0.3, -0.25) is 10.0 Å². The molecule has 0 spiro atoms. The van der Waals surface area contributed by atoms with Crippen LogP contribution in [0, 0.1) is 0 Å². The minimum atomic E-state index is -3.88. The van der Waals surface area contributed by atoms with Crippen molar-refractivity contribution in [2.24, 2.45) is 0 Å². The first kappa shape index (κ1) is 19.6. The highest BCUT2D eigenvalue weighted by atomic mass is 32.2. The van der Waals surface area contributed by atoms with Crippen LogP contribution in [-0.2, 0) is 26.2 Å². The number of carbonyl (C=O) groups excluding carboxylic acids is 1. The maximum atomic E-state index is 12.4. The van der Waals surface area contributed by atoms with Crippen molar-refractivity contribution in [3.8, 4) is 0 Å². The molecule has 0 aliphatic heterocycles. The number of ether oxygens (including phenoxy) is 1. The second-order valence-corrected chi connectivity index (χ2v) is 8.26. The van der Waals surface area contributed by atoms with Crippen LogP contribution in [0.25, 0.3) is 0 Å². The maximum Gasteiger partial charge on any atom is 0.265 e. The van der Waals surface area contributed by atoms with E-state index in [1.807, 2.05) is 30.3 Å². The number of hydrogen-bond donors (Lipinski definition) is 2. The summed E-state index contributed by atoms with van der Waals surface area (Å²) in [6.45, 7) is 3.59. The van der Waals surface area contributed by atoms with Crippen LogP contribution in [0.2, 0.25) is 0 Å². The molecule has 1 amide bonds. The number of rotatable bonds is 9. The van der Waals surface area contributed by atoms with Crippen LogP contribution in [0.1, 0.15) is 25.8 Å². The van der Waals surface area contributed by atoms with Gasteiger partial charge in [-0.15, -0.1) is 0 Å². The van der Waals surface area contributed by atoms with E-state index in [4.69, 9.17) is 9.94 Å². The van der Waals surface area contributed by atoms with Crippen molar-refractivity contribution in [1.29, 1.82) is 0 Å². The van der Waals surface area contributed by atoms with E-state index in [2.05, 4.69) is 0 Å². The summed E-state index contributed by atoms with van der Waals surface area (Å²) in [5, 5.41) is 8.67. The van der Waals surface area contributed by atoms with Crippen molar-refractivity contribution in [3.63, 3.8) is 0 Å². The summed E-state index contributed by atoms with van der Waals surface area (Å²) in [6.07, 6.45) is 0.499. The summed E-state index contributed by atoms with van der Waals surface area (Å²) in [5.41, 5.74) is 2.44. The molecule has 2 N–H and O–H groups in total. The molecule has 1 aromatic rings. The highest BCUT2D eigenvalue weighted by Crippen LogP contribution is 2.20. The van der Waals surface area contributed by atoms with Crippen molar-refractivity contribution in [2.75, 3.05) is 20.2 Å². The molecule has 0 fully saturated rings. The van der Waals surface area contributed by atoms with Gasteiger partial charge in [-0.25, -0.2) is 18.2 Å². The zero-order chi connectivity index (χ0) is 17.5. The largest absolute Gasteiger partial charge is 0.377 e. The van der Waals surface area contributed by atoms with E-state index in [0.717, 1.165) is 9.87 Å². The first-order valence-corrected chi connectivity index (χ1v) is 8.69. The fourth-order valence-corrected chi connectivity index (χ4v) is 3.34. The highest BCUT2D eigenvalue weighted by molar-refractivity contribution is 7.91. The van der Waals surface area contributed by atoms with Crippen LogP contribution >= 0.6 is 0 Å². The molecule has 7 nitrogen and oxygen atoms in total. The van der Waals surface area contributed by atoms with Gasteiger partial charge in [0.25, 0.3) is 5.91 Å². The average Bonchev–Trinajstić information content (AvgIpc) is 2.54. The first-order chi connectivity index (χ1) is 10.7. The summed E-state index contributed by atoms with van der Waals surface area (Å²) in [7, 11) is -2.48. The number of sulfonamides is 1. The number of nitrogens with zero attached hydrogens (tertiary/aromatic N) is 1. The lowest BCUT2D eigenvalue weighted by Crippen LogP contribution is -2.52. The highest BCUT2D eigenvalue weighted by Gasteiger charge is 2.44. The summed E-state index contributed by atoms with van der Waals surface area (Å²) in [4.78, 5) is 11.5. The Morgan fingerprint density at radius 1 is 1.30 bits per heavy atom. The molecule has 0 heterocycles. The number of nitrogens with one attached hydrogen (secondary N) is 1. The van der Waals surface area contributed by atoms with Gasteiger partial charge in [-0.05, 0) is 25.8 Å². The fourth-order valence-electron chi connectivity index (χ4n) is 1.92. The van der Waals surface area contributed by atoms with Crippen molar-refractivity contribution in [1.82, 2.24) is 9.79 Å². The molecule has 0 bridgehead atoms. The number of hydroxylamine groups is 1. The van der Waals surface area contributed by atoms with Gasteiger partial charge in [-0.2, -0.15) is 0 Å². The molecule has 1 aromatic carbocycles. The van der Waals surface area contributed by atoms with E-state index in [1.165, 1.54) is 26.4 Å².